The van der Waals surface area contributed by atoms with E-state index < -0.39 is 0 Å². The zero-order valence-corrected chi connectivity index (χ0v) is 12.9. The normalized spacial score (nSPS) is 21.2. The number of unbranched alkanes of at least 4 members (excludes halogenated alkanes) is 3. The third kappa shape index (κ3) is 9.00. The van der Waals surface area contributed by atoms with Crippen molar-refractivity contribution >= 4 is 0 Å². The zero-order chi connectivity index (χ0) is 12.9. The molecule has 0 aromatic rings. The van der Waals surface area contributed by atoms with Gasteiger partial charge in [0.2, 0.25) is 0 Å². The summed E-state index contributed by atoms with van der Waals surface area (Å²) in [6.45, 7) is 2.32. The molecule has 0 aromatic heterocycles. The lowest BCUT2D eigenvalue weighted by molar-refractivity contribution is 0.361. The summed E-state index contributed by atoms with van der Waals surface area (Å²) in [6.07, 6.45) is 23.9. The van der Waals surface area contributed by atoms with Crippen LogP contribution in [0, 0.1) is 5.92 Å². The molecular formula is C18H36. The van der Waals surface area contributed by atoms with Crippen molar-refractivity contribution in [1.82, 2.24) is 0 Å². The highest BCUT2D eigenvalue weighted by atomic mass is 14.1. The second kappa shape index (κ2) is 12.1. The van der Waals surface area contributed by atoms with Crippen LogP contribution in [0.25, 0.3) is 0 Å². The van der Waals surface area contributed by atoms with Gasteiger partial charge in [0.05, 0.1) is 0 Å². The van der Waals surface area contributed by atoms with Gasteiger partial charge in [0, 0.05) is 0 Å². The molecule has 0 atom stereocenters. The van der Waals surface area contributed by atoms with Gasteiger partial charge in [-0.05, 0) is 5.92 Å². The summed E-state index contributed by atoms with van der Waals surface area (Å²) in [5, 5.41) is 0. The topological polar surface area (TPSA) is 0 Å². The highest BCUT2D eigenvalue weighted by Gasteiger charge is 2.09. The van der Waals surface area contributed by atoms with Crippen molar-refractivity contribution < 1.29 is 0 Å². The minimum Gasteiger partial charge on any atom is -0.0654 e. The van der Waals surface area contributed by atoms with Crippen LogP contribution in [0.3, 0.4) is 0 Å². The van der Waals surface area contributed by atoms with Crippen LogP contribution >= 0.6 is 0 Å². The van der Waals surface area contributed by atoms with Crippen LogP contribution in [-0.2, 0) is 0 Å². The lowest BCUT2D eigenvalue weighted by Gasteiger charge is -2.17. The van der Waals surface area contributed by atoms with E-state index in [1.165, 1.54) is 103 Å². The summed E-state index contributed by atoms with van der Waals surface area (Å²) in [6, 6.07) is 0. The van der Waals surface area contributed by atoms with E-state index >= 15 is 0 Å². The van der Waals surface area contributed by atoms with Gasteiger partial charge in [-0.15, -0.1) is 0 Å². The van der Waals surface area contributed by atoms with Crippen LogP contribution in [0.4, 0.5) is 0 Å². The van der Waals surface area contributed by atoms with E-state index in [1.807, 2.05) is 0 Å². The molecule has 1 saturated carbocycles. The Balaban J connectivity index is 2.14. The SMILES string of the molecule is CCCCCCC1CCCCCCCCCCC1. The maximum absolute atomic E-state index is 2.32. The highest BCUT2D eigenvalue weighted by molar-refractivity contribution is 4.62. The lowest BCUT2D eigenvalue weighted by atomic mass is 9.89. The van der Waals surface area contributed by atoms with Gasteiger partial charge >= 0.3 is 0 Å². The fraction of sp³-hybridized carbons (Fsp3) is 1.00. The van der Waals surface area contributed by atoms with Gasteiger partial charge in [-0.25, -0.2) is 0 Å². The minimum atomic E-state index is 1.07. The summed E-state index contributed by atoms with van der Waals surface area (Å²) in [7, 11) is 0. The molecule has 0 aliphatic heterocycles. The minimum absolute atomic E-state index is 1.07. The molecule has 108 valence electrons. The van der Waals surface area contributed by atoms with Crippen LogP contribution in [0.5, 0.6) is 0 Å². The predicted octanol–water partition coefficient (Wildman–Crippen LogP) is 6.88. The molecule has 1 aliphatic carbocycles. The number of rotatable bonds is 5. The predicted molar refractivity (Wildman–Crippen MR) is 83.0 cm³/mol. The van der Waals surface area contributed by atoms with Gasteiger partial charge in [-0.3, -0.25) is 0 Å². The Bertz CT molecular complexity index is 147. The Kier molecular flexibility index (Phi) is 10.8. The molecule has 1 fully saturated rings. The summed E-state index contributed by atoms with van der Waals surface area (Å²) >= 11 is 0. The van der Waals surface area contributed by atoms with E-state index in [0.29, 0.717) is 0 Å². The molecule has 18 heavy (non-hydrogen) atoms. The van der Waals surface area contributed by atoms with Gasteiger partial charge in [0.25, 0.3) is 0 Å². The Labute approximate surface area is 116 Å². The molecule has 0 saturated heterocycles. The molecule has 0 bridgehead atoms. The fourth-order valence-corrected chi connectivity index (χ4v) is 3.40. The molecule has 0 amide bonds. The maximum atomic E-state index is 2.32. The fourth-order valence-electron chi connectivity index (χ4n) is 3.40. The molecule has 0 heteroatoms. The van der Waals surface area contributed by atoms with Crippen molar-refractivity contribution in [2.75, 3.05) is 0 Å². The van der Waals surface area contributed by atoms with Crippen LogP contribution in [0.1, 0.15) is 110 Å². The lowest BCUT2D eigenvalue weighted by Crippen LogP contribution is -2.02. The van der Waals surface area contributed by atoms with Gasteiger partial charge < -0.3 is 0 Å². The Morgan fingerprint density at radius 1 is 0.611 bits per heavy atom. The van der Waals surface area contributed by atoms with Gasteiger partial charge in [-0.1, -0.05) is 110 Å². The van der Waals surface area contributed by atoms with Gasteiger partial charge in [0.1, 0.15) is 0 Å². The second-order valence-corrected chi connectivity index (χ2v) is 6.47. The smallest absolute Gasteiger partial charge is 0.0414 e. The average molecular weight is 252 g/mol. The van der Waals surface area contributed by atoms with E-state index in [2.05, 4.69) is 6.92 Å². The molecule has 0 heterocycles. The molecular weight excluding hydrogens is 216 g/mol. The summed E-state index contributed by atoms with van der Waals surface area (Å²) in [5.41, 5.74) is 0. The van der Waals surface area contributed by atoms with E-state index in [4.69, 9.17) is 0 Å². The average Bonchev–Trinajstić information content (AvgIpc) is 2.37. The van der Waals surface area contributed by atoms with Crippen molar-refractivity contribution in [2.24, 2.45) is 5.92 Å². The van der Waals surface area contributed by atoms with E-state index in [0.717, 1.165) is 5.92 Å². The Hall–Kier alpha value is 0. The van der Waals surface area contributed by atoms with Gasteiger partial charge in [0.15, 0.2) is 0 Å². The second-order valence-electron chi connectivity index (χ2n) is 6.47. The molecule has 0 unspecified atom stereocenters. The highest BCUT2D eigenvalue weighted by Crippen LogP contribution is 2.25. The first-order chi connectivity index (χ1) is 8.93. The molecule has 1 rings (SSSR count). The van der Waals surface area contributed by atoms with E-state index in [9.17, 15) is 0 Å². The van der Waals surface area contributed by atoms with Crippen molar-refractivity contribution in [3.8, 4) is 0 Å². The number of hydrogen-bond acceptors (Lipinski definition) is 0. The number of hydrogen-bond donors (Lipinski definition) is 0. The first-order valence-electron chi connectivity index (χ1n) is 8.93. The van der Waals surface area contributed by atoms with Gasteiger partial charge in [-0.2, -0.15) is 0 Å². The monoisotopic (exact) mass is 252 g/mol. The molecule has 0 nitrogen and oxygen atoms in total. The van der Waals surface area contributed by atoms with E-state index in [1.54, 1.807) is 0 Å². The molecule has 0 N–H and O–H groups in total. The largest absolute Gasteiger partial charge is 0.0654 e. The van der Waals surface area contributed by atoms with Crippen molar-refractivity contribution in [1.29, 1.82) is 0 Å². The zero-order valence-electron chi connectivity index (χ0n) is 12.9. The van der Waals surface area contributed by atoms with Crippen molar-refractivity contribution in [3.63, 3.8) is 0 Å². The molecule has 1 aliphatic rings. The summed E-state index contributed by atoms with van der Waals surface area (Å²) in [4.78, 5) is 0. The molecule has 0 aromatic carbocycles. The summed E-state index contributed by atoms with van der Waals surface area (Å²) < 4.78 is 0. The Morgan fingerprint density at radius 3 is 1.61 bits per heavy atom. The van der Waals surface area contributed by atoms with Crippen LogP contribution in [-0.4, -0.2) is 0 Å². The third-order valence-electron chi connectivity index (χ3n) is 4.69. The van der Waals surface area contributed by atoms with E-state index in [-0.39, 0.29) is 0 Å². The van der Waals surface area contributed by atoms with Crippen LogP contribution < -0.4 is 0 Å². The van der Waals surface area contributed by atoms with Crippen molar-refractivity contribution in [3.05, 3.63) is 0 Å². The standard InChI is InChI=1S/C18H36/c1-2-3-4-12-15-18-16-13-10-8-6-5-7-9-11-14-17-18/h18H,2-17H2,1H3. The van der Waals surface area contributed by atoms with Crippen LogP contribution in [0.2, 0.25) is 0 Å². The Morgan fingerprint density at radius 2 is 1.11 bits per heavy atom. The van der Waals surface area contributed by atoms with Crippen LogP contribution in [0.15, 0.2) is 0 Å². The maximum Gasteiger partial charge on any atom is -0.0414 e. The molecule has 0 radical (unpaired) electrons. The first-order valence-corrected chi connectivity index (χ1v) is 8.93. The third-order valence-corrected chi connectivity index (χ3v) is 4.69. The quantitative estimate of drug-likeness (QED) is 0.468. The first kappa shape index (κ1) is 16.1. The van der Waals surface area contributed by atoms with Crippen molar-refractivity contribution in [2.45, 2.75) is 110 Å². The summed E-state index contributed by atoms with van der Waals surface area (Å²) in [5.74, 6) is 1.07. The molecule has 0 spiro atoms.